The summed E-state index contributed by atoms with van der Waals surface area (Å²) in [6.45, 7) is 3.27. The van der Waals surface area contributed by atoms with Crippen molar-refractivity contribution in [2.75, 3.05) is 6.61 Å². The fourth-order valence-corrected chi connectivity index (χ4v) is 0.542. The molecular weight excluding hydrogens is 203 g/mol. The highest BCUT2D eigenvalue weighted by Crippen LogP contribution is 2.10. The third-order valence-corrected chi connectivity index (χ3v) is 2.02. The van der Waals surface area contributed by atoms with Crippen molar-refractivity contribution in [3.63, 3.8) is 0 Å². The standard InChI is InChI=1S/C6H10BrFO2/c1-3-10-6(9)5(7)4(2)8/h4-5H,3H2,1-2H3. The predicted molar refractivity (Wildman–Crippen MR) is 39.9 cm³/mol. The van der Waals surface area contributed by atoms with E-state index in [2.05, 4.69) is 20.7 Å². The highest BCUT2D eigenvalue weighted by molar-refractivity contribution is 9.10. The normalized spacial score (nSPS) is 16.0. The molecule has 0 aliphatic heterocycles. The van der Waals surface area contributed by atoms with Crippen LogP contribution in [0.5, 0.6) is 0 Å². The van der Waals surface area contributed by atoms with E-state index in [1.807, 2.05) is 0 Å². The van der Waals surface area contributed by atoms with Crippen LogP contribution in [0, 0.1) is 0 Å². The van der Waals surface area contributed by atoms with Gasteiger partial charge in [-0.1, -0.05) is 15.9 Å². The van der Waals surface area contributed by atoms with Crippen LogP contribution < -0.4 is 0 Å². The Morgan fingerprint density at radius 2 is 2.30 bits per heavy atom. The van der Waals surface area contributed by atoms with Crippen LogP contribution in [0.15, 0.2) is 0 Å². The van der Waals surface area contributed by atoms with E-state index in [1.54, 1.807) is 6.92 Å². The highest BCUT2D eigenvalue weighted by atomic mass is 79.9. The molecule has 0 aliphatic rings. The predicted octanol–water partition coefficient (Wildman–Crippen LogP) is 1.67. The molecule has 0 radical (unpaired) electrons. The second kappa shape index (κ2) is 4.66. The van der Waals surface area contributed by atoms with Gasteiger partial charge in [-0.3, -0.25) is 4.79 Å². The van der Waals surface area contributed by atoms with Gasteiger partial charge in [0.2, 0.25) is 0 Å². The topological polar surface area (TPSA) is 26.3 Å². The summed E-state index contributed by atoms with van der Waals surface area (Å²) in [5, 5.41) is 0. The van der Waals surface area contributed by atoms with Crippen LogP contribution >= 0.6 is 15.9 Å². The van der Waals surface area contributed by atoms with Crippen LogP contribution in [-0.2, 0) is 9.53 Å². The maximum absolute atomic E-state index is 12.3. The molecule has 0 saturated heterocycles. The molecule has 60 valence electrons. The third-order valence-electron chi connectivity index (χ3n) is 0.915. The molecule has 0 fully saturated rings. The number of hydrogen-bond donors (Lipinski definition) is 0. The Kier molecular flexibility index (Phi) is 4.60. The lowest BCUT2D eigenvalue weighted by Crippen LogP contribution is -2.25. The molecule has 0 aromatic heterocycles. The zero-order valence-electron chi connectivity index (χ0n) is 5.93. The number of carbonyl (C=O) groups is 1. The Bertz CT molecular complexity index is 116. The van der Waals surface area contributed by atoms with Crippen molar-refractivity contribution in [2.45, 2.75) is 24.8 Å². The number of ether oxygens (including phenoxy) is 1. The maximum atomic E-state index is 12.3. The van der Waals surface area contributed by atoms with Gasteiger partial charge in [-0.25, -0.2) is 4.39 Å². The molecule has 0 heterocycles. The van der Waals surface area contributed by atoms with Gasteiger partial charge in [0.05, 0.1) is 6.61 Å². The first-order chi connectivity index (χ1) is 4.59. The minimum atomic E-state index is -1.21. The van der Waals surface area contributed by atoms with E-state index in [4.69, 9.17) is 0 Å². The maximum Gasteiger partial charge on any atom is 0.322 e. The Labute approximate surface area is 67.9 Å². The molecule has 0 aromatic carbocycles. The number of halogens is 2. The molecule has 4 heteroatoms. The quantitative estimate of drug-likeness (QED) is 0.526. The van der Waals surface area contributed by atoms with Gasteiger partial charge in [-0.2, -0.15) is 0 Å². The summed E-state index contributed by atoms with van der Waals surface area (Å²) in [6.07, 6.45) is -1.21. The van der Waals surface area contributed by atoms with Crippen LogP contribution in [0.4, 0.5) is 4.39 Å². The third kappa shape index (κ3) is 3.15. The lowest BCUT2D eigenvalue weighted by atomic mass is 10.3. The summed E-state index contributed by atoms with van der Waals surface area (Å²) in [7, 11) is 0. The van der Waals surface area contributed by atoms with E-state index in [0.717, 1.165) is 0 Å². The SMILES string of the molecule is CCOC(=O)C(Br)C(C)F. The van der Waals surface area contributed by atoms with Crippen molar-refractivity contribution in [1.29, 1.82) is 0 Å². The minimum absolute atomic E-state index is 0.285. The second-order valence-electron chi connectivity index (χ2n) is 1.83. The molecule has 0 N–H and O–H groups in total. The molecule has 2 atom stereocenters. The lowest BCUT2D eigenvalue weighted by Gasteiger charge is -2.08. The Balaban J connectivity index is 3.71. The number of carbonyl (C=O) groups excluding carboxylic acids is 1. The van der Waals surface area contributed by atoms with Crippen molar-refractivity contribution in [3.8, 4) is 0 Å². The first-order valence-electron chi connectivity index (χ1n) is 3.04. The van der Waals surface area contributed by atoms with Gasteiger partial charge in [-0.15, -0.1) is 0 Å². The van der Waals surface area contributed by atoms with E-state index in [-0.39, 0.29) is 6.61 Å². The lowest BCUT2D eigenvalue weighted by molar-refractivity contribution is -0.143. The molecule has 2 unspecified atom stereocenters. The Hall–Kier alpha value is -0.120. The summed E-state index contributed by atoms with van der Waals surface area (Å²) in [5.41, 5.74) is 0. The van der Waals surface area contributed by atoms with Crippen molar-refractivity contribution < 1.29 is 13.9 Å². The van der Waals surface area contributed by atoms with Gasteiger partial charge in [0.25, 0.3) is 0 Å². The Morgan fingerprint density at radius 3 is 2.60 bits per heavy atom. The van der Waals surface area contributed by atoms with Gasteiger partial charge in [0, 0.05) is 0 Å². The average Bonchev–Trinajstić information content (AvgIpc) is 1.87. The fourth-order valence-electron chi connectivity index (χ4n) is 0.409. The highest BCUT2D eigenvalue weighted by Gasteiger charge is 2.22. The van der Waals surface area contributed by atoms with Gasteiger partial charge < -0.3 is 4.74 Å². The summed E-state index contributed by atoms with van der Waals surface area (Å²) in [4.78, 5) is 9.85. The van der Waals surface area contributed by atoms with Crippen LogP contribution in [-0.4, -0.2) is 23.6 Å². The zero-order chi connectivity index (χ0) is 8.15. The van der Waals surface area contributed by atoms with Gasteiger partial charge in [0.1, 0.15) is 11.0 Å². The van der Waals surface area contributed by atoms with Crippen LogP contribution in [0.25, 0.3) is 0 Å². The molecule has 2 nitrogen and oxygen atoms in total. The van der Waals surface area contributed by atoms with Crippen molar-refractivity contribution in [3.05, 3.63) is 0 Å². The first-order valence-corrected chi connectivity index (χ1v) is 3.96. The van der Waals surface area contributed by atoms with E-state index in [9.17, 15) is 9.18 Å². The van der Waals surface area contributed by atoms with Gasteiger partial charge in [-0.05, 0) is 13.8 Å². The van der Waals surface area contributed by atoms with Crippen molar-refractivity contribution >= 4 is 21.9 Å². The monoisotopic (exact) mass is 212 g/mol. The van der Waals surface area contributed by atoms with E-state index in [0.29, 0.717) is 0 Å². The number of hydrogen-bond acceptors (Lipinski definition) is 2. The number of rotatable bonds is 3. The summed E-state index contributed by atoms with van der Waals surface area (Å²) < 4.78 is 16.9. The second-order valence-corrected chi connectivity index (χ2v) is 2.82. The van der Waals surface area contributed by atoms with Crippen LogP contribution in [0.1, 0.15) is 13.8 Å². The minimum Gasteiger partial charge on any atom is -0.465 e. The van der Waals surface area contributed by atoms with Gasteiger partial charge >= 0.3 is 5.97 Å². The number of alkyl halides is 2. The molecule has 0 bridgehead atoms. The van der Waals surface area contributed by atoms with E-state index >= 15 is 0 Å². The molecule has 0 rings (SSSR count). The molecule has 0 saturated carbocycles. The molecule has 0 aliphatic carbocycles. The first kappa shape index (κ1) is 9.88. The summed E-state index contributed by atoms with van der Waals surface area (Å²) >= 11 is 2.86. The summed E-state index contributed by atoms with van der Waals surface area (Å²) in [5.74, 6) is -0.544. The number of esters is 1. The van der Waals surface area contributed by atoms with Crippen LogP contribution in [0.2, 0.25) is 0 Å². The van der Waals surface area contributed by atoms with E-state index in [1.165, 1.54) is 6.92 Å². The van der Waals surface area contributed by atoms with Crippen molar-refractivity contribution in [2.24, 2.45) is 0 Å². The van der Waals surface area contributed by atoms with Gasteiger partial charge in [0.15, 0.2) is 0 Å². The molecular formula is C6H10BrFO2. The van der Waals surface area contributed by atoms with E-state index < -0.39 is 17.0 Å². The van der Waals surface area contributed by atoms with Crippen molar-refractivity contribution in [1.82, 2.24) is 0 Å². The average molecular weight is 213 g/mol. The zero-order valence-corrected chi connectivity index (χ0v) is 7.52. The molecule has 0 spiro atoms. The molecule has 10 heavy (non-hydrogen) atoms. The summed E-state index contributed by atoms with van der Waals surface area (Å²) in [6, 6.07) is 0. The smallest absolute Gasteiger partial charge is 0.322 e. The largest absolute Gasteiger partial charge is 0.465 e. The molecule has 0 aromatic rings. The Morgan fingerprint density at radius 1 is 1.80 bits per heavy atom. The molecule has 0 amide bonds. The van der Waals surface area contributed by atoms with Crippen LogP contribution in [0.3, 0.4) is 0 Å². The fraction of sp³-hybridized carbons (Fsp3) is 0.833.